The van der Waals surface area contributed by atoms with Gasteiger partial charge in [-0.05, 0) is 62.3 Å². The topological polar surface area (TPSA) is 63.1 Å². The first kappa shape index (κ1) is 21.4. The van der Waals surface area contributed by atoms with E-state index in [9.17, 15) is 14.0 Å². The van der Waals surface area contributed by atoms with Crippen LogP contribution in [-0.4, -0.2) is 17.1 Å². The monoisotopic (exact) mass is 419 g/mol. The third-order valence-corrected chi connectivity index (χ3v) is 6.10. The van der Waals surface area contributed by atoms with E-state index in [1.54, 1.807) is 19.9 Å². The third kappa shape index (κ3) is 4.32. The van der Waals surface area contributed by atoms with Crippen molar-refractivity contribution in [3.05, 3.63) is 67.8 Å². The fourth-order valence-electron chi connectivity index (χ4n) is 3.81. The van der Waals surface area contributed by atoms with E-state index in [4.69, 9.17) is 11.6 Å². The molecule has 1 atom stereocenters. The van der Waals surface area contributed by atoms with Crippen molar-refractivity contribution in [3.63, 3.8) is 0 Å². The second-order valence-electron chi connectivity index (χ2n) is 7.65. The van der Waals surface area contributed by atoms with Gasteiger partial charge in [0.25, 0.3) is 11.5 Å². The Morgan fingerprint density at radius 3 is 2.66 bits per heavy atom. The lowest BCUT2D eigenvalue weighted by Crippen LogP contribution is -2.39. The first-order chi connectivity index (χ1) is 13.8. The summed E-state index contributed by atoms with van der Waals surface area (Å²) in [5.74, 6) is -0.371. The van der Waals surface area contributed by atoms with Crippen LogP contribution in [0.15, 0.2) is 29.1 Å². The molecule has 0 saturated heterocycles. The predicted molar refractivity (Wildman–Crippen MR) is 114 cm³/mol. The van der Waals surface area contributed by atoms with E-state index in [1.165, 1.54) is 16.8 Å². The Kier molecular flexibility index (Phi) is 6.63. The minimum atomic E-state index is -0.368. The summed E-state index contributed by atoms with van der Waals surface area (Å²) in [6.07, 6.45) is 3.89. The molecule has 3 rings (SSSR count). The van der Waals surface area contributed by atoms with Crippen LogP contribution in [0.3, 0.4) is 0 Å². The predicted octanol–water partition coefficient (Wildman–Crippen LogP) is 4.48. The number of pyridine rings is 1. The molecule has 1 amide bonds. The van der Waals surface area contributed by atoms with Gasteiger partial charge in [0.1, 0.15) is 10.8 Å². The van der Waals surface area contributed by atoms with Gasteiger partial charge in [-0.3, -0.25) is 9.59 Å². The van der Waals surface area contributed by atoms with Gasteiger partial charge in [0, 0.05) is 6.54 Å². The second-order valence-corrected chi connectivity index (χ2v) is 8.02. The fourth-order valence-corrected chi connectivity index (χ4v) is 3.99. The molecule has 1 aliphatic rings. The largest absolute Gasteiger partial charge is 0.345 e. The van der Waals surface area contributed by atoms with Crippen molar-refractivity contribution in [3.8, 4) is 0 Å². The normalized spacial score (nSPS) is 14.9. The molecule has 2 aromatic rings. The highest BCUT2D eigenvalue weighted by molar-refractivity contribution is 6.31. The molecule has 156 valence electrons. The number of hydrogen-bond acceptors (Lipinski definition) is 3. The summed E-state index contributed by atoms with van der Waals surface area (Å²) in [4.78, 5) is 25.8. The highest BCUT2D eigenvalue weighted by Gasteiger charge is 2.31. The van der Waals surface area contributed by atoms with E-state index in [0.717, 1.165) is 31.2 Å². The fraction of sp³-hybridized carbons (Fsp3) is 0.455. The summed E-state index contributed by atoms with van der Waals surface area (Å²) in [5, 5.41) is 3.11. The molecular weight excluding hydrogens is 393 g/mol. The average molecular weight is 420 g/mol. The van der Waals surface area contributed by atoms with Crippen molar-refractivity contribution in [2.45, 2.75) is 52.5 Å². The number of carbonyl (C=O) groups is 1. The van der Waals surface area contributed by atoms with Gasteiger partial charge in [0.05, 0.1) is 17.3 Å². The standard InChI is InChI=1S/C22H27ClFN3O2/c1-4-11-25-27-14(3)18(13(2)19(23)22(27)29)21(28)26-20(15-7-5-8-15)16-9-6-10-17(24)12-16/h6,9-10,12,15,20,25H,4-5,7-8,11H2,1-3H3,(H,26,28). The Bertz CT molecular complexity index is 969. The second kappa shape index (κ2) is 8.99. The summed E-state index contributed by atoms with van der Waals surface area (Å²) < 4.78 is 15.1. The average Bonchev–Trinajstić information content (AvgIpc) is 2.64. The number of rotatable bonds is 7. The van der Waals surface area contributed by atoms with Crippen LogP contribution in [0.25, 0.3) is 0 Å². The number of nitrogens with zero attached hydrogens (tertiary/aromatic N) is 1. The molecule has 0 spiro atoms. The van der Waals surface area contributed by atoms with Gasteiger partial charge in [-0.25, -0.2) is 9.07 Å². The number of halogens is 2. The Labute approximate surface area is 175 Å². The molecule has 1 unspecified atom stereocenters. The van der Waals surface area contributed by atoms with Crippen molar-refractivity contribution in [2.24, 2.45) is 5.92 Å². The molecular formula is C22H27ClFN3O2. The van der Waals surface area contributed by atoms with Gasteiger partial charge in [0.2, 0.25) is 0 Å². The number of hydrogen-bond donors (Lipinski definition) is 2. The van der Waals surface area contributed by atoms with Crippen molar-refractivity contribution in [2.75, 3.05) is 12.0 Å². The molecule has 29 heavy (non-hydrogen) atoms. The summed E-state index contributed by atoms with van der Waals surface area (Å²) in [5.41, 5.74) is 4.74. The van der Waals surface area contributed by atoms with Crippen LogP contribution >= 0.6 is 11.6 Å². The molecule has 1 heterocycles. The zero-order valence-corrected chi connectivity index (χ0v) is 17.8. The van der Waals surface area contributed by atoms with E-state index in [2.05, 4.69) is 10.7 Å². The SMILES string of the molecule is CCCNn1c(C)c(C(=O)NC(c2cccc(F)c2)C2CCC2)c(C)c(Cl)c1=O. The number of nitrogens with one attached hydrogen (secondary N) is 2. The molecule has 5 nitrogen and oxygen atoms in total. The Morgan fingerprint density at radius 1 is 1.34 bits per heavy atom. The quantitative estimate of drug-likeness (QED) is 0.695. The molecule has 0 radical (unpaired) electrons. The van der Waals surface area contributed by atoms with Crippen LogP contribution in [0.5, 0.6) is 0 Å². The number of amides is 1. The lowest BCUT2D eigenvalue weighted by atomic mass is 9.77. The van der Waals surface area contributed by atoms with Crippen LogP contribution in [-0.2, 0) is 0 Å². The third-order valence-electron chi connectivity index (χ3n) is 5.65. The molecule has 1 aliphatic carbocycles. The zero-order valence-electron chi connectivity index (χ0n) is 17.0. The lowest BCUT2D eigenvalue weighted by molar-refractivity contribution is 0.0898. The van der Waals surface area contributed by atoms with Crippen LogP contribution in [0, 0.1) is 25.6 Å². The maximum Gasteiger partial charge on any atom is 0.288 e. The molecule has 1 saturated carbocycles. The molecule has 1 fully saturated rings. The van der Waals surface area contributed by atoms with E-state index in [-0.39, 0.29) is 34.3 Å². The van der Waals surface area contributed by atoms with Gasteiger partial charge < -0.3 is 10.7 Å². The minimum absolute atomic E-state index is 0.0234. The van der Waals surface area contributed by atoms with Crippen molar-refractivity contribution < 1.29 is 9.18 Å². The molecule has 7 heteroatoms. The lowest BCUT2D eigenvalue weighted by Gasteiger charge is -2.35. The first-order valence-corrected chi connectivity index (χ1v) is 10.4. The van der Waals surface area contributed by atoms with E-state index in [0.29, 0.717) is 23.4 Å². The van der Waals surface area contributed by atoms with E-state index < -0.39 is 0 Å². The van der Waals surface area contributed by atoms with Gasteiger partial charge in [-0.1, -0.05) is 37.1 Å². The summed E-state index contributed by atoms with van der Waals surface area (Å²) in [6, 6.07) is 6.08. The Balaban J connectivity index is 1.98. The highest BCUT2D eigenvalue weighted by atomic mass is 35.5. The van der Waals surface area contributed by atoms with E-state index in [1.807, 2.05) is 13.0 Å². The number of benzene rings is 1. The first-order valence-electron chi connectivity index (χ1n) is 10.1. The summed E-state index contributed by atoms with van der Waals surface area (Å²) in [6.45, 7) is 5.97. The van der Waals surface area contributed by atoms with Crippen molar-refractivity contribution >= 4 is 17.5 Å². The Morgan fingerprint density at radius 2 is 2.07 bits per heavy atom. The van der Waals surface area contributed by atoms with Crippen molar-refractivity contribution in [1.29, 1.82) is 0 Å². The molecule has 0 aliphatic heterocycles. The highest BCUT2D eigenvalue weighted by Crippen LogP contribution is 2.38. The van der Waals surface area contributed by atoms with Crippen LogP contribution in [0.1, 0.15) is 65.8 Å². The smallest absolute Gasteiger partial charge is 0.288 e. The minimum Gasteiger partial charge on any atom is -0.345 e. The molecule has 2 N–H and O–H groups in total. The van der Waals surface area contributed by atoms with Crippen LogP contribution in [0.4, 0.5) is 4.39 Å². The van der Waals surface area contributed by atoms with Gasteiger partial charge >= 0.3 is 0 Å². The maximum atomic E-state index is 13.8. The number of carbonyl (C=O) groups excluding carboxylic acids is 1. The van der Waals surface area contributed by atoms with E-state index >= 15 is 0 Å². The zero-order chi connectivity index (χ0) is 21.1. The van der Waals surface area contributed by atoms with Gasteiger partial charge in [-0.2, -0.15) is 0 Å². The van der Waals surface area contributed by atoms with Crippen LogP contribution in [0.2, 0.25) is 5.02 Å². The summed E-state index contributed by atoms with van der Waals surface area (Å²) in [7, 11) is 0. The van der Waals surface area contributed by atoms with Crippen LogP contribution < -0.4 is 16.3 Å². The van der Waals surface area contributed by atoms with Gasteiger partial charge in [-0.15, -0.1) is 0 Å². The molecule has 1 aromatic carbocycles. The number of aromatic nitrogens is 1. The maximum absolute atomic E-state index is 13.8. The van der Waals surface area contributed by atoms with Gasteiger partial charge in [0.15, 0.2) is 0 Å². The summed E-state index contributed by atoms with van der Waals surface area (Å²) >= 11 is 6.26. The molecule has 0 bridgehead atoms. The Hall–Kier alpha value is -2.34. The van der Waals surface area contributed by atoms with Crippen molar-refractivity contribution in [1.82, 2.24) is 9.99 Å². The molecule has 1 aromatic heterocycles.